The van der Waals surface area contributed by atoms with Crippen molar-refractivity contribution in [3.63, 3.8) is 0 Å². The highest BCUT2D eigenvalue weighted by atomic mass is 16.5. The van der Waals surface area contributed by atoms with Gasteiger partial charge in [0.25, 0.3) is 0 Å². The average molecular weight is 240 g/mol. The topological polar surface area (TPSA) is 46.5 Å². The number of methoxy groups -OCH3 is 1. The lowest BCUT2D eigenvalue weighted by atomic mass is 9.99. The van der Waals surface area contributed by atoms with Crippen LogP contribution in [0.3, 0.4) is 0 Å². The van der Waals surface area contributed by atoms with Crippen molar-refractivity contribution < 1.29 is 14.6 Å². The van der Waals surface area contributed by atoms with E-state index in [1.165, 1.54) is 7.11 Å². The maximum Gasteiger partial charge on any atom is 0.338 e. The van der Waals surface area contributed by atoms with Gasteiger partial charge in [0.1, 0.15) is 6.10 Å². The Morgan fingerprint density at radius 3 is 2.61 bits per heavy atom. The van der Waals surface area contributed by atoms with E-state index in [1.54, 1.807) is 12.1 Å². The number of aliphatic hydroxyl groups excluding tert-OH is 1. The van der Waals surface area contributed by atoms with Crippen LogP contribution in [0.1, 0.15) is 27.6 Å². The molecule has 2 aromatic carbocycles. The highest BCUT2D eigenvalue weighted by Gasteiger charge is 2.30. The van der Waals surface area contributed by atoms with Crippen LogP contribution >= 0.6 is 0 Å². The van der Waals surface area contributed by atoms with Gasteiger partial charge in [-0.3, -0.25) is 0 Å². The van der Waals surface area contributed by atoms with E-state index in [0.717, 1.165) is 22.3 Å². The second-order valence-corrected chi connectivity index (χ2v) is 4.25. The fourth-order valence-electron chi connectivity index (χ4n) is 2.51. The first-order valence-electron chi connectivity index (χ1n) is 5.72. The van der Waals surface area contributed by atoms with Crippen LogP contribution < -0.4 is 0 Å². The van der Waals surface area contributed by atoms with Crippen molar-refractivity contribution in [2.75, 3.05) is 7.11 Å². The summed E-state index contributed by atoms with van der Waals surface area (Å²) >= 11 is 0. The summed E-state index contributed by atoms with van der Waals surface area (Å²) in [5.41, 5.74) is 3.79. The molecule has 1 aliphatic carbocycles. The molecule has 0 aliphatic heterocycles. The van der Waals surface area contributed by atoms with Crippen molar-refractivity contribution in [2.45, 2.75) is 6.10 Å². The molecular formula is C15H12O3. The Morgan fingerprint density at radius 1 is 1.11 bits per heavy atom. The number of rotatable bonds is 1. The lowest BCUT2D eigenvalue weighted by Gasteiger charge is -2.07. The first-order chi connectivity index (χ1) is 8.74. The Labute approximate surface area is 105 Å². The zero-order valence-electron chi connectivity index (χ0n) is 9.88. The largest absolute Gasteiger partial charge is 0.465 e. The van der Waals surface area contributed by atoms with Crippen LogP contribution in [0.4, 0.5) is 0 Å². The van der Waals surface area contributed by atoms with E-state index in [0.29, 0.717) is 5.56 Å². The Kier molecular flexibility index (Phi) is 2.42. The number of carbonyl (C=O) groups excluding carboxylic acids is 1. The molecule has 0 aromatic heterocycles. The third-order valence-corrected chi connectivity index (χ3v) is 3.32. The van der Waals surface area contributed by atoms with Gasteiger partial charge >= 0.3 is 5.97 Å². The lowest BCUT2D eigenvalue weighted by Crippen LogP contribution is -2.04. The summed E-state index contributed by atoms with van der Waals surface area (Å²) in [6, 6.07) is 12.9. The first kappa shape index (κ1) is 11.0. The summed E-state index contributed by atoms with van der Waals surface area (Å²) in [4.78, 5) is 11.8. The van der Waals surface area contributed by atoms with E-state index in [1.807, 2.05) is 30.3 Å². The van der Waals surface area contributed by atoms with E-state index in [4.69, 9.17) is 4.74 Å². The summed E-state index contributed by atoms with van der Waals surface area (Å²) in [6.45, 7) is 0. The van der Waals surface area contributed by atoms with E-state index in [-0.39, 0.29) is 5.97 Å². The maximum atomic E-state index is 11.8. The Bertz CT molecular complexity index is 631. The van der Waals surface area contributed by atoms with Gasteiger partial charge in [-0.15, -0.1) is 0 Å². The number of hydrogen-bond acceptors (Lipinski definition) is 3. The Morgan fingerprint density at radius 2 is 1.83 bits per heavy atom. The summed E-state index contributed by atoms with van der Waals surface area (Å²) in [5.74, 6) is -0.379. The van der Waals surface area contributed by atoms with Crippen molar-refractivity contribution in [1.29, 1.82) is 0 Å². The lowest BCUT2D eigenvalue weighted by molar-refractivity contribution is 0.0601. The number of ether oxygens (including phenoxy) is 1. The summed E-state index contributed by atoms with van der Waals surface area (Å²) in [5, 5.41) is 10.3. The minimum atomic E-state index is -0.666. The highest BCUT2D eigenvalue weighted by Crippen LogP contribution is 2.44. The molecule has 3 rings (SSSR count). The summed E-state index contributed by atoms with van der Waals surface area (Å²) in [7, 11) is 1.36. The maximum absolute atomic E-state index is 11.8. The number of fused-ring (bicyclic) bond motifs is 3. The predicted molar refractivity (Wildman–Crippen MR) is 67.3 cm³/mol. The minimum Gasteiger partial charge on any atom is -0.465 e. The molecule has 0 fully saturated rings. The number of benzene rings is 2. The molecule has 1 N–H and O–H groups in total. The van der Waals surface area contributed by atoms with Gasteiger partial charge in [0, 0.05) is 5.56 Å². The quantitative estimate of drug-likeness (QED) is 0.779. The molecule has 0 bridgehead atoms. The molecular weight excluding hydrogens is 228 g/mol. The van der Waals surface area contributed by atoms with E-state index in [9.17, 15) is 9.90 Å². The van der Waals surface area contributed by atoms with Crippen molar-refractivity contribution in [3.8, 4) is 11.1 Å². The third-order valence-electron chi connectivity index (χ3n) is 3.32. The average Bonchev–Trinajstić information content (AvgIpc) is 2.72. The van der Waals surface area contributed by atoms with Crippen LogP contribution in [-0.2, 0) is 4.74 Å². The van der Waals surface area contributed by atoms with Crippen molar-refractivity contribution in [1.82, 2.24) is 0 Å². The second kappa shape index (κ2) is 3.96. The molecule has 3 heteroatoms. The zero-order chi connectivity index (χ0) is 12.7. The van der Waals surface area contributed by atoms with E-state index >= 15 is 0 Å². The molecule has 0 radical (unpaired) electrons. The molecule has 1 unspecified atom stereocenters. The third kappa shape index (κ3) is 1.38. The molecule has 0 amide bonds. The van der Waals surface area contributed by atoms with Crippen molar-refractivity contribution in [2.24, 2.45) is 0 Å². The fourth-order valence-corrected chi connectivity index (χ4v) is 2.51. The van der Waals surface area contributed by atoms with Crippen LogP contribution in [0.2, 0.25) is 0 Å². The van der Waals surface area contributed by atoms with Gasteiger partial charge in [0.2, 0.25) is 0 Å². The standard InChI is InChI=1S/C15H12O3/c1-18-15(17)12-8-4-7-11-13(12)9-5-2-3-6-10(9)14(11)16/h2-8,14,16H,1H3. The van der Waals surface area contributed by atoms with Gasteiger partial charge in [-0.2, -0.15) is 0 Å². The van der Waals surface area contributed by atoms with Crippen molar-refractivity contribution >= 4 is 5.97 Å². The molecule has 0 heterocycles. The van der Waals surface area contributed by atoms with Gasteiger partial charge in [-0.25, -0.2) is 4.79 Å². The van der Waals surface area contributed by atoms with Crippen LogP contribution in [0.5, 0.6) is 0 Å². The molecule has 2 aromatic rings. The molecule has 90 valence electrons. The van der Waals surface area contributed by atoms with E-state index in [2.05, 4.69) is 0 Å². The first-order valence-corrected chi connectivity index (χ1v) is 5.72. The molecule has 0 saturated carbocycles. The smallest absolute Gasteiger partial charge is 0.338 e. The number of aliphatic hydroxyl groups is 1. The Balaban J connectivity index is 2.31. The minimum absolute atomic E-state index is 0.379. The van der Waals surface area contributed by atoms with E-state index < -0.39 is 6.10 Å². The number of hydrogen-bond donors (Lipinski definition) is 1. The Hall–Kier alpha value is -2.13. The second-order valence-electron chi connectivity index (χ2n) is 4.25. The number of carbonyl (C=O) groups is 1. The fraction of sp³-hybridized carbons (Fsp3) is 0.133. The molecule has 3 nitrogen and oxygen atoms in total. The number of esters is 1. The van der Waals surface area contributed by atoms with Gasteiger partial charge in [-0.1, -0.05) is 36.4 Å². The van der Waals surface area contributed by atoms with Crippen LogP contribution in [0.15, 0.2) is 42.5 Å². The summed E-state index contributed by atoms with van der Waals surface area (Å²) < 4.78 is 4.79. The van der Waals surface area contributed by atoms with Crippen LogP contribution in [0.25, 0.3) is 11.1 Å². The van der Waals surface area contributed by atoms with Crippen LogP contribution in [-0.4, -0.2) is 18.2 Å². The van der Waals surface area contributed by atoms with Gasteiger partial charge < -0.3 is 9.84 Å². The van der Waals surface area contributed by atoms with Gasteiger partial charge in [0.05, 0.1) is 12.7 Å². The zero-order valence-corrected chi connectivity index (χ0v) is 9.88. The molecule has 1 aliphatic rings. The molecule has 0 spiro atoms. The normalized spacial score (nSPS) is 16.0. The van der Waals surface area contributed by atoms with Gasteiger partial charge in [0.15, 0.2) is 0 Å². The highest BCUT2D eigenvalue weighted by molar-refractivity contribution is 6.00. The van der Waals surface area contributed by atoms with Crippen LogP contribution in [0, 0.1) is 0 Å². The molecule has 1 atom stereocenters. The van der Waals surface area contributed by atoms with Gasteiger partial charge in [-0.05, 0) is 22.8 Å². The SMILES string of the molecule is COC(=O)c1cccc2c1-c1ccccc1C2O. The predicted octanol–water partition coefficient (Wildman–Crippen LogP) is 2.54. The molecule has 0 saturated heterocycles. The molecule has 18 heavy (non-hydrogen) atoms. The van der Waals surface area contributed by atoms with Crippen molar-refractivity contribution in [3.05, 3.63) is 59.2 Å². The monoisotopic (exact) mass is 240 g/mol. The summed E-state index contributed by atoms with van der Waals surface area (Å²) in [6.07, 6.45) is -0.666.